The smallest absolute Gasteiger partial charge is 0.309 e. The third-order valence-electron chi connectivity index (χ3n) is 4.87. The van der Waals surface area contributed by atoms with Crippen molar-refractivity contribution in [3.05, 3.63) is 29.8 Å². The molecule has 28 heavy (non-hydrogen) atoms. The van der Waals surface area contributed by atoms with E-state index in [4.69, 9.17) is 4.74 Å². The minimum Gasteiger partial charge on any atom is -0.466 e. The van der Waals surface area contributed by atoms with E-state index in [1.807, 2.05) is 6.92 Å². The summed E-state index contributed by atoms with van der Waals surface area (Å²) in [5.41, 5.74) is 0.921. The lowest BCUT2D eigenvalue weighted by atomic mass is 9.96. The van der Waals surface area contributed by atoms with E-state index >= 15 is 0 Å². The largest absolute Gasteiger partial charge is 0.466 e. The molecule has 156 valence electrons. The third-order valence-corrected chi connectivity index (χ3v) is 6.35. The van der Waals surface area contributed by atoms with Crippen LogP contribution < -0.4 is 4.72 Å². The summed E-state index contributed by atoms with van der Waals surface area (Å²) in [6.07, 6.45) is 2.93. The maximum absolute atomic E-state index is 12.4. The molecule has 1 fully saturated rings. The molecule has 1 aliphatic rings. The fourth-order valence-electron chi connectivity index (χ4n) is 3.19. The van der Waals surface area contributed by atoms with Crippen molar-refractivity contribution in [3.8, 4) is 0 Å². The maximum atomic E-state index is 12.4. The molecular formula is C20H30N2O5S. The molecule has 1 saturated heterocycles. The summed E-state index contributed by atoms with van der Waals surface area (Å²) in [6, 6.07) is 6.65. The predicted octanol–water partition coefficient (Wildman–Crippen LogP) is 2.11. The lowest BCUT2D eigenvalue weighted by Gasteiger charge is -2.31. The number of aryl methyl sites for hydroxylation is 1. The van der Waals surface area contributed by atoms with Crippen LogP contribution >= 0.6 is 0 Å². The number of likely N-dealkylation sites (tertiary alicyclic amines) is 1. The van der Waals surface area contributed by atoms with E-state index in [1.165, 1.54) is 0 Å². The van der Waals surface area contributed by atoms with Gasteiger partial charge in [0, 0.05) is 26.1 Å². The Morgan fingerprint density at radius 1 is 1.14 bits per heavy atom. The summed E-state index contributed by atoms with van der Waals surface area (Å²) in [4.78, 5) is 26.2. The van der Waals surface area contributed by atoms with Crippen molar-refractivity contribution in [1.82, 2.24) is 9.62 Å². The quantitative estimate of drug-likeness (QED) is 0.630. The molecule has 0 bridgehead atoms. The molecule has 1 aromatic rings. The molecule has 0 saturated carbocycles. The van der Waals surface area contributed by atoms with Gasteiger partial charge < -0.3 is 9.64 Å². The SMILES string of the molecule is CCCNS(=O)(=O)c1ccc(CCC(=O)N2CCC(C(=O)OCC)CC2)cc1. The average molecular weight is 411 g/mol. The Labute approximate surface area is 167 Å². The number of sulfonamides is 1. The van der Waals surface area contributed by atoms with Gasteiger partial charge in [-0.25, -0.2) is 13.1 Å². The van der Waals surface area contributed by atoms with Gasteiger partial charge in [-0.1, -0.05) is 19.1 Å². The average Bonchev–Trinajstić information content (AvgIpc) is 2.71. The molecule has 0 radical (unpaired) electrons. The van der Waals surface area contributed by atoms with E-state index in [9.17, 15) is 18.0 Å². The Kier molecular flexibility index (Phi) is 8.44. The van der Waals surface area contributed by atoms with Gasteiger partial charge in [-0.05, 0) is 50.3 Å². The van der Waals surface area contributed by atoms with Crippen LogP contribution in [-0.4, -0.2) is 51.4 Å². The topological polar surface area (TPSA) is 92.8 Å². The number of amides is 1. The van der Waals surface area contributed by atoms with Gasteiger partial charge >= 0.3 is 5.97 Å². The number of hydrogen-bond donors (Lipinski definition) is 1. The van der Waals surface area contributed by atoms with E-state index in [0.29, 0.717) is 51.9 Å². The van der Waals surface area contributed by atoms with E-state index in [2.05, 4.69) is 4.72 Å². The monoisotopic (exact) mass is 410 g/mol. The number of benzene rings is 1. The highest BCUT2D eigenvalue weighted by Crippen LogP contribution is 2.20. The molecule has 2 rings (SSSR count). The lowest BCUT2D eigenvalue weighted by molar-refractivity contribution is -0.151. The van der Waals surface area contributed by atoms with Gasteiger partial charge in [-0.15, -0.1) is 0 Å². The molecule has 1 N–H and O–H groups in total. The van der Waals surface area contributed by atoms with Crippen molar-refractivity contribution < 1.29 is 22.7 Å². The van der Waals surface area contributed by atoms with Crippen molar-refractivity contribution in [2.75, 3.05) is 26.2 Å². The Bertz CT molecular complexity index is 753. The summed E-state index contributed by atoms with van der Waals surface area (Å²) >= 11 is 0. The Morgan fingerprint density at radius 2 is 1.79 bits per heavy atom. The zero-order chi connectivity index (χ0) is 20.6. The molecule has 7 nitrogen and oxygen atoms in total. The molecule has 0 spiro atoms. The zero-order valence-electron chi connectivity index (χ0n) is 16.6. The van der Waals surface area contributed by atoms with Crippen molar-refractivity contribution >= 4 is 21.9 Å². The van der Waals surface area contributed by atoms with Gasteiger partial charge in [-0.3, -0.25) is 9.59 Å². The highest BCUT2D eigenvalue weighted by atomic mass is 32.2. The van der Waals surface area contributed by atoms with Crippen LogP contribution in [0, 0.1) is 5.92 Å². The molecular weight excluding hydrogens is 380 g/mol. The summed E-state index contributed by atoms with van der Waals surface area (Å²) in [5.74, 6) is -0.221. The minimum absolute atomic E-state index is 0.0589. The Morgan fingerprint density at radius 3 is 2.36 bits per heavy atom. The number of ether oxygens (including phenoxy) is 1. The van der Waals surface area contributed by atoms with E-state index in [-0.39, 0.29) is 22.7 Å². The first-order valence-corrected chi connectivity index (χ1v) is 11.4. The molecule has 8 heteroatoms. The lowest BCUT2D eigenvalue weighted by Crippen LogP contribution is -2.40. The van der Waals surface area contributed by atoms with Crippen LogP contribution in [0.4, 0.5) is 0 Å². The van der Waals surface area contributed by atoms with Gasteiger partial charge in [0.05, 0.1) is 17.4 Å². The van der Waals surface area contributed by atoms with E-state index in [0.717, 1.165) is 12.0 Å². The molecule has 1 amide bonds. The first-order chi connectivity index (χ1) is 13.4. The summed E-state index contributed by atoms with van der Waals surface area (Å²) in [5, 5.41) is 0. The molecule has 0 aliphatic carbocycles. The van der Waals surface area contributed by atoms with Crippen molar-refractivity contribution in [2.45, 2.75) is 50.8 Å². The number of carbonyl (C=O) groups excluding carboxylic acids is 2. The molecule has 1 aromatic carbocycles. The summed E-state index contributed by atoms with van der Waals surface area (Å²) in [7, 11) is -3.47. The Hall–Kier alpha value is -1.93. The number of carbonyl (C=O) groups is 2. The number of nitrogens with one attached hydrogen (secondary N) is 1. The number of hydrogen-bond acceptors (Lipinski definition) is 5. The van der Waals surface area contributed by atoms with Gasteiger partial charge in [0.2, 0.25) is 15.9 Å². The van der Waals surface area contributed by atoms with Crippen LogP contribution in [0.5, 0.6) is 0 Å². The van der Waals surface area contributed by atoms with Crippen molar-refractivity contribution in [2.24, 2.45) is 5.92 Å². The van der Waals surface area contributed by atoms with Crippen LogP contribution in [-0.2, 0) is 30.8 Å². The first kappa shape index (κ1) is 22.4. The van der Waals surface area contributed by atoms with Crippen LogP contribution in [0.2, 0.25) is 0 Å². The van der Waals surface area contributed by atoms with Crippen molar-refractivity contribution in [3.63, 3.8) is 0 Å². The fraction of sp³-hybridized carbons (Fsp3) is 0.600. The minimum atomic E-state index is -3.47. The van der Waals surface area contributed by atoms with E-state index in [1.54, 1.807) is 36.1 Å². The van der Waals surface area contributed by atoms with Gasteiger partial charge in [0.1, 0.15) is 0 Å². The summed E-state index contributed by atoms with van der Waals surface area (Å²) in [6.45, 7) is 5.63. The second-order valence-corrected chi connectivity index (χ2v) is 8.72. The highest BCUT2D eigenvalue weighted by Gasteiger charge is 2.27. The second kappa shape index (κ2) is 10.6. The van der Waals surface area contributed by atoms with E-state index < -0.39 is 10.0 Å². The zero-order valence-corrected chi connectivity index (χ0v) is 17.5. The van der Waals surface area contributed by atoms with Crippen LogP contribution in [0.25, 0.3) is 0 Å². The number of rotatable bonds is 9. The number of esters is 1. The molecule has 0 unspecified atom stereocenters. The summed E-state index contributed by atoms with van der Waals surface area (Å²) < 4.78 is 31.8. The molecule has 1 heterocycles. The second-order valence-electron chi connectivity index (χ2n) is 6.95. The normalized spacial score (nSPS) is 15.4. The fourth-order valence-corrected chi connectivity index (χ4v) is 4.32. The maximum Gasteiger partial charge on any atom is 0.309 e. The predicted molar refractivity (Wildman–Crippen MR) is 106 cm³/mol. The van der Waals surface area contributed by atoms with Crippen LogP contribution in [0.3, 0.4) is 0 Å². The molecule has 0 aromatic heterocycles. The van der Waals surface area contributed by atoms with Gasteiger partial charge in [0.25, 0.3) is 0 Å². The van der Waals surface area contributed by atoms with Crippen molar-refractivity contribution in [1.29, 1.82) is 0 Å². The Balaban J connectivity index is 1.81. The molecule has 1 aliphatic heterocycles. The number of nitrogens with zero attached hydrogens (tertiary/aromatic N) is 1. The molecule has 0 atom stereocenters. The van der Waals surface area contributed by atoms with Crippen LogP contribution in [0.1, 0.15) is 45.1 Å². The standard InChI is InChI=1S/C20H30N2O5S/c1-3-13-21-28(25,26)18-8-5-16(6-9-18)7-10-19(23)22-14-11-17(12-15-22)20(24)27-4-2/h5-6,8-9,17,21H,3-4,7,10-15H2,1-2H3. The van der Waals surface area contributed by atoms with Crippen LogP contribution in [0.15, 0.2) is 29.2 Å². The third kappa shape index (κ3) is 6.31. The highest BCUT2D eigenvalue weighted by molar-refractivity contribution is 7.89. The van der Waals surface area contributed by atoms with Gasteiger partial charge in [0.15, 0.2) is 0 Å². The van der Waals surface area contributed by atoms with Gasteiger partial charge in [-0.2, -0.15) is 0 Å². The number of piperidine rings is 1. The first-order valence-electron chi connectivity index (χ1n) is 9.90.